The van der Waals surface area contributed by atoms with Crippen molar-refractivity contribution in [1.29, 1.82) is 0 Å². The van der Waals surface area contributed by atoms with Crippen LogP contribution in [0.4, 0.5) is 0 Å². The minimum Gasteiger partial charge on any atom is -0.483 e. The molecule has 25 heavy (non-hydrogen) atoms. The molecule has 0 spiro atoms. The molecular formula is C17H17Br2NO4S. The molecule has 0 atom stereocenters. The van der Waals surface area contributed by atoms with Crippen LogP contribution in [0.3, 0.4) is 0 Å². The molecule has 8 heteroatoms. The number of halogens is 2. The van der Waals surface area contributed by atoms with E-state index >= 15 is 0 Å². The molecule has 0 aliphatic rings. The van der Waals surface area contributed by atoms with Crippen LogP contribution in [0.2, 0.25) is 0 Å². The zero-order valence-corrected chi connectivity index (χ0v) is 17.7. The molecule has 2 aromatic rings. The molecule has 1 aromatic carbocycles. The third-order valence-corrected chi connectivity index (χ3v) is 5.64. The molecule has 134 valence electrons. The third-order valence-electron chi connectivity index (χ3n) is 3.41. The van der Waals surface area contributed by atoms with Crippen molar-refractivity contribution in [1.82, 2.24) is 4.90 Å². The van der Waals surface area contributed by atoms with Crippen LogP contribution in [-0.4, -0.2) is 37.0 Å². The van der Waals surface area contributed by atoms with E-state index < -0.39 is 5.97 Å². The van der Waals surface area contributed by atoms with E-state index in [1.807, 2.05) is 19.1 Å². The lowest BCUT2D eigenvalue weighted by molar-refractivity contribution is -0.133. The number of hydrogen-bond acceptors (Lipinski definition) is 5. The Morgan fingerprint density at radius 1 is 1.20 bits per heavy atom. The van der Waals surface area contributed by atoms with Gasteiger partial charge in [0, 0.05) is 11.4 Å². The van der Waals surface area contributed by atoms with Crippen LogP contribution >= 0.6 is 43.2 Å². The Morgan fingerprint density at radius 3 is 2.52 bits per heavy atom. The van der Waals surface area contributed by atoms with Gasteiger partial charge in [0.2, 0.25) is 0 Å². The number of carbonyl (C=O) groups excluding carboxylic acids is 2. The highest BCUT2D eigenvalue weighted by Gasteiger charge is 2.15. The maximum absolute atomic E-state index is 12.4. The van der Waals surface area contributed by atoms with Crippen LogP contribution < -0.4 is 4.74 Å². The molecule has 5 nitrogen and oxygen atoms in total. The first-order valence-electron chi connectivity index (χ1n) is 7.47. The van der Waals surface area contributed by atoms with E-state index in [9.17, 15) is 9.59 Å². The Hall–Kier alpha value is -1.38. The monoisotopic (exact) mass is 489 g/mol. The molecule has 0 fully saturated rings. The van der Waals surface area contributed by atoms with Crippen LogP contribution in [0.5, 0.6) is 5.75 Å². The highest BCUT2D eigenvalue weighted by atomic mass is 79.9. The van der Waals surface area contributed by atoms with Crippen molar-refractivity contribution in [3.63, 3.8) is 0 Å². The Balaban J connectivity index is 1.97. The van der Waals surface area contributed by atoms with Gasteiger partial charge in [0.05, 0.1) is 27.5 Å². The largest absolute Gasteiger partial charge is 0.483 e. The summed E-state index contributed by atoms with van der Waals surface area (Å²) in [6.45, 7) is 3.01. The predicted octanol–water partition coefficient (Wildman–Crippen LogP) is 4.49. The van der Waals surface area contributed by atoms with Crippen LogP contribution in [0.1, 0.15) is 22.2 Å². The maximum Gasteiger partial charge on any atom is 0.337 e. The molecule has 1 amide bonds. The van der Waals surface area contributed by atoms with Crippen LogP contribution in [0, 0.1) is 0 Å². The first-order valence-corrected chi connectivity index (χ1v) is 9.87. The van der Waals surface area contributed by atoms with E-state index in [0.29, 0.717) is 28.9 Å². The van der Waals surface area contributed by atoms with Gasteiger partial charge in [-0.1, -0.05) is 0 Å². The molecule has 0 aliphatic carbocycles. The predicted molar refractivity (Wildman–Crippen MR) is 104 cm³/mol. The number of rotatable bonds is 7. The van der Waals surface area contributed by atoms with E-state index in [2.05, 4.69) is 36.6 Å². The maximum atomic E-state index is 12.4. The van der Waals surface area contributed by atoms with Crippen molar-refractivity contribution >= 4 is 55.1 Å². The fourth-order valence-corrected chi connectivity index (χ4v) is 4.09. The SMILES string of the molecule is CCN(Cc1ccc(Br)s1)C(=O)COc1ccc(C(=O)OC)cc1Br. The number of esters is 1. The summed E-state index contributed by atoms with van der Waals surface area (Å²) < 4.78 is 11.9. The van der Waals surface area contributed by atoms with E-state index in [1.54, 1.807) is 34.4 Å². The molecule has 0 N–H and O–H groups in total. The zero-order valence-electron chi connectivity index (χ0n) is 13.8. The number of thiophene rings is 1. The summed E-state index contributed by atoms with van der Waals surface area (Å²) in [4.78, 5) is 26.7. The quantitative estimate of drug-likeness (QED) is 0.536. The van der Waals surface area contributed by atoms with Crippen molar-refractivity contribution < 1.29 is 19.1 Å². The van der Waals surface area contributed by atoms with E-state index in [4.69, 9.17) is 4.74 Å². The molecule has 0 radical (unpaired) electrons. The fraction of sp³-hybridized carbons (Fsp3) is 0.294. The first-order chi connectivity index (χ1) is 11.9. The van der Waals surface area contributed by atoms with Gasteiger partial charge in [-0.2, -0.15) is 0 Å². The molecule has 1 heterocycles. The Morgan fingerprint density at radius 2 is 1.96 bits per heavy atom. The summed E-state index contributed by atoms with van der Waals surface area (Å²) in [5.74, 6) is -0.0329. The number of carbonyl (C=O) groups is 2. The smallest absolute Gasteiger partial charge is 0.337 e. The minimum atomic E-state index is -0.428. The second kappa shape index (κ2) is 9.35. The summed E-state index contributed by atoms with van der Waals surface area (Å²) in [5.41, 5.74) is 0.409. The van der Waals surface area contributed by atoms with E-state index in [1.165, 1.54) is 7.11 Å². The topological polar surface area (TPSA) is 55.8 Å². The summed E-state index contributed by atoms with van der Waals surface area (Å²) >= 11 is 8.37. The van der Waals surface area contributed by atoms with E-state index in [-0.39, 0.29) is 12.5 Å². The lowest BCUT2D eigenvalue weighted by Gasteiger charge is -2.20. The first kappa shape index (κ1) is 19.9. The summed E-state index contributed by atoms with van der Waals surface area (Å²) in [7, 11) is 1.32. The molecule has 1 aromatic heterocycles. The van der Waals surface area contributed by atoms with Gasteiger partial charge in [0.1, 0.15) is 5.75 Å². The van der Waals surface area contributed by atoms with Crippen LogP contribution in [-0.2, 0) is 16.1 Å². The van der Waals surface area contributed by atoms with Crippen molar-refractivity contribution in [2.24, 2.45) is 0 Å². The van der Waals surface area contributed by atoms with Gasteiger partial charge in [0.25, 0.3) is 5.91 Å². The zero-order chi connectivity index (χ0) is 18.4. The second-order valence-electron chi connectivity index (χ2n) is 5.04. The fourth-order valence-electron chi connectivity index (χ4n) is 2.09. The molecule has 0 saturated heterocycles. The van der Waals surface area contributed by atoms with Gasteiger partial charge < -0.3 is 14.4 Å². The summed E-state index contributed by atoms with van der Waals surface area (Å²) in [6, 6.07) is 8.79. The van der Waals surface area contributed by atoms with Gasteiger partial charge in [-0.25, -0.2) is 4.79 Å². The number of nitrogens with zero attached hydrogens (tertiary/aromatic N) is 1. The van der Waals surface area contributed by atoms with Crippen molar-refractivity contribution in [3.8, 4) is 5.75 Å². The second-order valence-corrected chi connectivity index (χ2v) is 8.44. The third kappa shape index (κ3) is 5.55. The molecule has 0 aliphatic heterocycles. The van der Waals surface area contributed by atoms with Crippen molar-refractivity contribution in [2.45, 2.75) is 13.5 Å². The number of amides is 1. The minimum absolute atomic E-state index is 0.0729. The normalized spacial score (nSPS) is 10.4. The molecule has 0 bridgehead atoms. The standard InChI is InChI=1S/C17H17Br2NO4S/c1-3-20(9-12-5-7-15(19)25-12)16(21)10-24-14-6-4-11(8-13(14)18)17(22)23-2/h4-8H,3,9-10H2,1-2H3. The number of benzene rings is 1. The van der Waals surface area contributed by atoms with Gasteiger partial charge in [-0.15, -0.1) is 11.3 Å². The number of methoxy groups -OCH3 is 1. The van der Waals surface area contributed by atoms with Crippen LogP contribution in [0.25, 0.3) is 0 Å². The molecule has 0 unspecified atom stereocenters. The Kier molecular flexibility index (Phi) is 7.46. The molecule has 0 saturated carbocycles. The average molecular weight is 491 g/mol. The molecule has 2 rings (SSSR count). The highest BCUT2D eigenvalue weighted by Crippen LogP contribution is 2.27. The summed E-state index contributed by atoms with van der Waals surface area (Å²) in [6.07, 6.45) is 0. The highest BCUT2D eigenvalue weighted by molar-refractivity contribution is 9.11. The van der Waals surface area contributed by atoms with Gasteiger partial charge in [-0.05, 0) is 69.1 Å². The molecular weight excluding hydrogens is 474 g/mol. The Bertz CT molecular complexity index is 763. The lowest BCUT2D eigenvalue weighted by atomic mass is 10.2. The number of ether oxygens (including phenoxy) is 2. The van der Waals surface area contributed by atoms with E-state index in [0.717, 1.165) is 8.66 Å². The number of likely N-dealkylation sites (N-methyl/N-ethyl adjacent to an activating group) is 1. The van der Waals surface area contributed by atoms with Crippen molar-refractivity contribution in [2.75, 3.05) is 20.3 Å². The Labute approximate surface area is 167 Å². The van der Waals surface area contributed by atoms with Gasteiger partial charge >= 0.3 is 5.97 Å². The van der Waals surface area contributed by atoms with Crippen LogP contribution in [0.15, 0.2) is 38.6 Å². The average Bonchev–Trinajstić information content (AvgIpc) is 3.02. The summed E-state index contributed by atoms with van der Waals surface area (Å²) in [5, 5.41) is 0. The number of hydrogen-bond donors (Lipinski definition) is 0. The van der Waals surface area contributed by atoms with Gasteiger partial charge in [-0.3, -0.25) is 4.79 Å². The lowest BCUT2D eigenvalue weighted by Crippen LogP contribution is -2.34. The van der Waals surface area contributed by atoms with Gasteiger partial charge in [0.15, 0.2) is 6.61 Å². The van der Waals surface area contributed by atoms with Crippen molar-refractivity contribution in [3.05, 3.63) is 49.0 Å².